The quantitative estimate of drug-likeness (QED) is 0.788. The lowest BCUT2D eigenvalue weighted by Gasteiger charge is -2.12. The van der Waals surface area contributed by atoms with Crippen molar-refractivity contribution in [1.82, 2.24) is 5.32 Å². The summed E-state index contributed by atoms with van der Waals surface area (Å²) in [5.41, 5.74) is 1.09. The number of halogens is 1. The second kappa shape index (κ2) is 5.19. The molecule has 0 heterocycles. The first-order valence-corrected chi connectivity index (χ1v) is 6.71. The molecule has 1 saturated carbocycles. The first-order chi connectivity index (χ1) is 7.65. The van der Waals surface area contributed by atoms with Crippen LogP contribution in [0.25, 0.3) is 0 Å². The van der Waals surface area contributed by atoms with Crippen LogP contribution in [0.5, 0.6) is 0 Å². The molecule has 0 saturated heterocycles. The van der Waals surface area contributed by atoms with Gasteiger partial charge in [0.25, 0.3) is 0 Å². The largest absolute Gasteiger partial charge is 0.310 e. The fraction of sp³-hybridized carbons (Fsp3) is 0.538. The van der Waals surface area contributed by atoms with Gasteiger partial charge in [0.1, 0.15) is 5.82 Å². The number of rotatable bonds is 5. The maximum absolute atomic E-state index is 13.2. The zero-order valence-electron chi connectivity index (χ0n) is 9.79. The molecule has 1 fully saturated rings. The third-order valence-electron chi connectivity index (χ3n) is 2.54. The molecule has 0 spiro atoms. The van der Waals surface area contributed by atoms with Gasteiger partial charge in [-0.3, -0.25) is 0 Å². The maximum atomic E-state index is 13.2. The van der Waals surface area contributed by atoms with Crippen LogP contribution in [0.1, 0.15) is 32.3 Å². The molecular formula is C13H18FNS. The van der Waals surface area contributed by atoms with Crippen LogP contribution in [-0.2, 0) is 6.54 Å². The molecule has 1 N–H and O–H groups in total. The monoisotopic (exact) mass is 239 g/mol. The summed E-state index contributed by atoms with van der Waals surface area (Å²) in [5.74, 6) is -0.138. The summed E-state index contributed by atoms with van der Waals surface area (Å²) in [6, 6.07) is 5.76. The van der Waals surface area contributed by atoms with Gasteiger partial charge in [-0.05, 0) is 36.6 Å². The molecule has 3 heteroatoms. The van der Waals surface area contributed by atoms with Gasteiger partial charge in [0.05, 0.1) is 0 Å². The van der Waals surface area contributed by atoms with Crippen LogP contribution in [0.2, 0.25) is 0 Å². The first-order valence-electron chi connectivity index (χ1n) is 5.83. The highest BCUT2D eigenvalue weighted by Crippen LogP contribution is 2.28. The molecule has 1 aliphatic carbocycles. The minimum absolute atomic E-state index is 0.138. The fourth-order valence-electron chi connectivity index (χ4n) is 1.60. The molecule has 0 bridgehead atoms. The van der Waals surface area contributed by atoms with Crippen LogP contribution in [-0.4, -0.2) is 11.3 Å². The minimum atomic E-state index is -0.138. The third-order valence-corrected chi connectivity index (χ3v) is 3.67. The molecule has 1 aromatic carbocycles. The molecule has 0 aromatic heterocycles. The molecule has 88 valence electrons. The van der Waals surface area contributed by atoms with Gasteiger partial charge in [0.2, 0.25) is 0 Å². The van der Waals surface area contributed by atoms with Crippen molar-refractivity contribution in [2.75, 3.05) is 0 Å². The van der Waals surface area contributed by atoms with Crippen molar-refractivity contribution in [3.8, 4) is 0 Å². The molecule has 0 unspecified atom stereocenters. The molecule has 0 amide bonds. The number of thioether (sulfide) groups is 1. The van der Waals surface area contributed by atoms with Gasteiger partial charge in [0, 0.05) is 22.7 Å². The fourth-order valence-corrected chi connectivity index (χ4v) is 2.53. The molecular weight excluding hydrogens is 221 g/mol. The summed E-state index contributed by atoms with van der Waals surface area (Å²) in [4.78, 5) is 1.20. The maximum Gasteiger partial charge on any atom is 0.123 e. The van der Waals surface area contributed by atoms with Crippen LogP contribution in [0, 0.1) is 5.82 Å². The highest BCUT2D eigenvalue weighted by molar-refractivity contribution is 8.00. The van der Waals surface area contributed by atoms with E-state index in [1.54, 1.807) is 23.9 Å². The summed E-state index contributed by atoms with van der Waals surface area (Å²) in [6.45, 7) is 5.11. The molecule has 2 rings (SSSR count). The normalized spacial score (nSPS) is 15.8. The lowest BCUT2D eigenvalue weighted by molar-refractivity contribution is 0.616. The third kappa shape index (κ3) is 3.49. The van der Waals surface area contributed by atoms with E-state index in [9.17, 15) is 4.39 Å². The highest BCUT2D eigenvalue weighted by atomic mass is 32.2. The Morgan fingerprint density at radius 2 is 2.19 bits per heavy atom. The summed E-state index contributed by atoms with van der Waals surface area (Å²) in [6.07, 6.45) is 2.53. The Balaban J connectivity index is 2.07. The summed E-state index contributed by atoms with van der Waals surface area (Å²) >= 11 is 1.80. The van der Waals surface area contributed by atoms with Crippen molar-refractivity contribution in [1.29, 1.82) is 0 Å². The van der Waals surface area contributed by atoms with Crippen molar-refractivity contribution in [3.63, 3.8) is 0 Å². The lowest BCUT2D eigenvalue weighted by Crippen LogP contribution is -2.16. The van der Waals surface area contributed by atoms with Gasteiger partial charge >= 0.3 is 0 Å². The lowest BCUT2D eigenvalue weighted by atomic mass is 10.2. The van der Waals surface area contributed by atoms with Gasteiger partial charge in [0.15, 0.2) is 0 Å². The SMILES string of the molecule is CC(C)Sc1ccc(F)cc1CNC1CC1. The van der Waals surface area contributed by atoms with Crippen LogP contribution in [0.4, 0.5) is 4.39 Å². The van der Waals surface area contributed by atoms with E-state index >= 15 is 0 Å². The Hall–Kier alpha value is -0.540. The van der Waals surface area contributed by atoms with E-state index in [1.807, 2.05) is 6.07 Å². The smallest absolute Gasteiger partial charge is 0.123 e. The van der Waals surface area contributed by atoms with Gasteiger partial charge in [-0.15, -0.1) is 11.8 Å². The van der Waals surface area contributed by atoms with Crippen LogP contribution >= 0.6 is 11.8 Å². The van der Waals surface area contributed by atoms with Crippen LogP contribution in [0.15, 0.2) is 23.1 Å². The molecule has 0 radical (unpaired) electrons. The molecule has 0 atom stereocenters. The second-order valence-corrected chi connectivity index (χ2v) is 6.19. The Bertz CT molecular complexity index is 361. The number of hydrogen-bond donors (Lipinski definition) is 1. The Kier molecular flexibility index (Phi) is 3.87. The van der Waals surface area contributed by atoms with E-state index in [0.29, 0.717) is 11.3 Å². The Labute approximate surface area is 101 Å². The van der Waals surface area contributed by atoms with E-state index in [-0.39, 0.29) is 5.82 Å². The van der Waals surface area contributed by atoms with Crippen molar-refractivity contribution in [3.05, 3.63) is 29.6 Å². The summed E-state index contributed by atoms with van der Waals surface area (Å²) < 4.78 is 13.2. The van der Waals surface area contributed by atoms with Gasteiger partial charge in [-0.1, -0.05) is 13.8 Å². The van der Waals surface area contributed by atoms with Crippen molar-refractivity contribution < 1.29 is 4.39 Å². The molecule has 1 aromatic rings. The predicted molar refractivity (Wildman–Crippen MR) is 67.3 cm³/mol. The average molecular weight is 239 g/mol. The summed E-state index contributed by atoms with van der Waals surface area (Å²) in [7, 11) is 0. The highest BCUT2D eigenvalue weighted by Gasteiger charge is 2.20. The Morgan fingerprint density at radius 1 is 1.44 bits per heavy atom. The molecule has 0 aliphatic heterocycles. The zero-order valence-corrected chi connectivity index (χ0v) is 10.6. The zero-order chi connectivity index (χ0) is 11.5. The predicted octanol–water partition coefficient (Wildman–Crippen LogP) is 3.58. The topological polar surface area (TPSA) is 12.0 Å². The Morgan fingerprint density at radius 3 is 2.81 bits per heavy atom. The van der Waals surface area contributed by atoms with Crippen LogP contribution in [0.3, 0.4) is 0 Å². The van der Waals surface area contributed by atoms with E-state index in [2.05, 4.69) is 19.2 Å². The average Bonchev–Trinajstić information content (AvgIpc) is 3.01. The minimum Gasteiger partial charge on any atom is -0.310 e. The van der Waals surface area contributed by atoms with E-state index < -0.39 is 0 Å². The van der Waals surface area contributed by atoms with E-state index in [0.717, 1.165) is 12.1 Å². The number of nitrogens with one attached hydrogen (secondary N) is 1. The standard InChI is InChI=1S/C13H18FNS/c1-9(2)16-13-6-3-11(14)7-10(13)8-15-12-4-5-12/h3,6-7,9,12,15H,4-5,8H2,1-2H3. The number of benzene rings is 1. The second-order valence-electron chi connectivity index (χ2n) is 4.57. The van der Waals surface area contributed by atoms with E-state index in [1.165, 1.54) is 17.7 Å². The molecule has 1 aliphatic rings. The van der Waals surface area contributed by atoms with Crippen molar-refractivity contribution in [2.45, 2.75) is 49.4 Å². The molecule has 16 heavy (non-hydrogen) atoms. The van der Waals surface area contributed by atoms with Crippen LogP contribution < -0.4 is 5.32 Å². The first kappa shape index (κ1) is 11.9. The van der Waals surface area contributed by atoms with Gasteiger partial charge in [-0.25, -0.2) is 4.39 Å². The summed E-state index contributed by atoms with van der Waals surface area (Å²) in [5, 5.41) is 3.97. The van der Waals surface area contributed by atoms with Crippen molar-refractivity contribution in [2.24, 2.45) is 0 Å². The molecule has 1 nitrogen and oxygen atoms in total. The van der Waals surface area contributed by atoms with E-state index in [4.69, 9.17) is 0 Å². The number of hydrogen-bond acceptors (Lipinski definition) is 2. The van der Waals surface area contributed by atoms with Gasteiger partial charge < -0.3 is 5.32 Å². The van der Waals surface area contributed by atoms with Crippen molar-refractivity contribution >= 4 is 11.8 Å². The van der Waals surface area contributed by atoms with Gasteiger partial charge in [-0.2, -0.15) is 0 Å².